The summed E-state index contributed by atoms with van der Waals surface area (Å²) in [6.07, 6.45) is -1.83. The molecule has 0 rings (SSSR count). The van der Waals surface area contributed by atoms with E-state index >= 15 is 0 Å². The van der Waals surface area contributed by atoms with Crippen molar-refractivity contribution in [3.63, 3.8) is 0 Å². The van der Waals surface area contributed by atoms with Crippen LogP contribution in [-0.4, -0.2) is 16.4 Å². The minimum Gasteiger partial charge on any atom is -1.00 e. The molecule has 7 heavy (non-hydrogen) atoms. The van der Waals surface area contributed by atoms with Crippen LogP contribution in [0.25, 0.3) is 0 Å². The van der Waals surface area contributed by atoms with Crippen molar-refractivity contribution in [2.45, 2.75) is 0 Å². The van der Waals surface area contributed by atoms with Gasteiger partial charge >= 0.3 is 109 Å². The van der Waals surface area contributed by atoms with Gasteiger partial charge < -0.3 is 35.6 Å². The van der Waals surface area contributed by atoms with Gasteiger partial charge in [-0.15, -0.1) is 0 Å². The number of hydrogen-bond acceptors (Lipinski definition) is 1. The molecule has 0 saturated carbocycles. The molecule has 0 radical (unpaired) electrons. The van der Waals surface area contributed by atoms with Crippen LogP contribution in [0.2, 0.25) is 0 Å². The summed E-state index contributed by atoms with van der Waals surface area (Å²) in [6, 6.07) is 0. The molecular weight excluding hydrogens is 265 g/mol. The Bertz CT molecular complexity index is 40.3. The van der Waals surface area contributed by atoms with E-state index in [0.717, 1.165) is 0 Å². The second-order valence-electron chi connectivity index (χ2n) is 0.283. The third kappa shape index (κ3) is 45.8. The molecule has 0 aromatic carbocycles. The van der Waals surface area contributed by atoms with Crippen LogP contribution in [-0.2, 0) is 0 Å². The Morgan fingerprint density at radius 2 is 1.29 bits per heavy atom. The van der Waals surface area contributed by atoms with Crippen LogP contribution < -0.4 is 127 Å². The van der Waals surface area contributed by atoms with Crippen molar-refractivity contribution in [3.05, 3.63) is 0 Å². The smallest absolute Gasteiger partial charge is 1.00 e. The van der Waals surface area contributed by atoms with Crippen LogP contribution in [0.4, 0.5) is 4.79 Å². The van der Waals surface area contributed by atoms with Crippen LogP contribution in [0.1, 0.15) is 1.43 Å². The molecule has 0 aromatic rings. The second-order valence-corrected chi connectivity index (χ2v) is 0.283. The largest absolute Gasteiger partial charge is 1.00 e. The fourth-order valence-electron chi connectivity index (χ4n) is 0. The molecule has 0 aromatic heterocycles. The van der Waals surface area contributed by atoms with E-state index in [2.05, 4.69) is 0 Å². The van der Waals surface area contributed by atoms with Gasteiger partial charge in [0, 0.05) is 0 Å². The molecule has 0 aliphatic carbocycles. The third-order valence-corrected chi connectivity index (χ3v) is 0. The van der Waals surface area contributed by atoms with Gasteiger partial charge in [-0.25, -0.2) is 4.79 Å². The van der Waals surface area contributed by atoms with E-state index in [1.165, 1.54) is 0 Å². The molecule has 3 nitrogen and oxygen atoms in total. The number of rotatable bonds is 0. The van der Waals surface area contributed by atoms with E-state index in [9.17, 15) is 0 Å². The summed E-state index contributed by atoms with van der Waals surface area (Å²) in [4.78, 5) is 8.56. The van der Waals surface area contributed by atoms with Gasteiger partial charge in [-0.05, 0) is 0 Å². The van der Waals surface area contributed by atoms with Crippen molar-refractivity contribution in [2.75, 3.05) is 0 Å². The molecule has 0 aliphatic heterocycles. The van der Waals surface area contributed by atoms with Crippen molar-refractivity contribution in [3.8, 4) is 0 Å². The topological polar surface area (TPSA) is 57.5 Å². The molecule has 0 bridgehead atoms. The Morgan fingerprint density at radius 1 is 1.29 bits per heavy atom. The summed E-state index contributed by atoms with van der Waals surface area (Å²) in [5.41, 5.74) is 0. The summed E-state index contributed by atoms with van der Waals surface area (Å²) < 4.78 is 0. The zero-order valence-corrected chi connectivity index (χ0v) is 12.6. The molecule has 0 unspecified atom stereocenters. The molecule has 0 saturated heterocycles. The first-order chi connectivity index (χ1) is 1.73. The summed E-state index contributed by atoms with van der Waals surface area (Å²) in [5.74, 6) is 0. The molecule has 2 N–H and O–H groups in total. The minimum absolute atomic E-state index is 0. The van der Waals surface area contributed by atoms with Gasteiger partial charge in [0.05, 0.1) is 0 Å². The molecular formula is CH3IK2O3. The third-order valence-electron chi connectivity index (χ3n) is 0. The number of halogens is 1. The van der Waals surface area contributed by atoms with Crippen LogP contribution in [0, 0.1) is 0 Å². The molecule has 34 valence electrons. The van der Waals surface area contributed by atoms with Gasteiger partial charge in [0.25, 0.3) is 0 Å². The second kappa shape index (κ2) is 16.1. The maximum absolute atomic E-state index is 8.56. The summed E-state index contributed by atoms with van der Waals surface area (Å²) in [6.45, 7) is 0. The van der Waals surface area contributed by atoms with Crippen molar-refractivity contribution in [2.24, 2.45) is 0 Å². The molecule has 6 heteroatoms. The zero-order chi connectivity index (χ0) is 3.58. The summed E-state index contributed by atoms with van der Waals surface area (Å²) in [7, 11) is 0. The minimum atomic E-state index is -1.83. The Balaban J connectivity index is -0.00000000750. The van der Waals surface area contributed by atoms with Gasteiger partial charge in [-0.1, -0.05) is 0 Å². The van der Waals surface area contributed by atoms with Crippen LogP contribution >= 0.6 is 0 Å². The van der Waals surface area contributed by atoms with E-state index in [4.69, 9.17) is 15.0 Å². The van der Waals surface area contributed by atoms with Crippen molar-refractivity contribution < 1.29 is 143 Å². The monoisotopic (exact) mass is 268 g/mol. The van der Waals surface area contributed by atoms with Crippen LogP contribution in [0.3, 0.4) is 0 Å². The average Bonchev–Trinajstić information content (AvgIpc) is 0.811. The number of carbonyl (C=O) groups is 1. The van der Waals surface area contributed by atoms with Gasteiger partial charge in [0.2, 0.25) is 0 Å². The molecule has 0 heterocycles. The molecule has 0 atom stereocenters. The van der Waals surface area contributed by atoms with Crippen LogP contribution in [0.15, 0.2) is 0 Å². The van der Waals surface area contributed by atoms with Gasteiger partial charge in [0.15, 0.2) is 0 Å². The van der Waals surface area contributed by atoms with E-state index in [0.29, 0.717) is 0 Å². The van der Waals surface area contributed by atoms with E-state index in [1.54, 1.807) is 0 Å². The molecule has 0 amide bonds. The fourth-order valence-corrected chi connectivity index (χ4v) is 0. The molecule has 0 fully saturated rings. The zero-order valence-electron chi connectivity index (χ0n) is 5.18. The van der Waals surface area contributed by atoms with Gasteiger partial charge in [-0.3, -0.25) is 0 Å². The summed E-state index contributed by atoms with van der Waals surface area (Å²) in [5, 5.41) is 13.9. The normalized spacial score (nSPS) is 3.43. The predicted molar refractivity (Wildman–Crippen MR) is 11.8 cm³/mol. The first kappa shape index (κ1) is 22.4. The number of hydrogen-bond donors (Lipinski definition) is 2. The molecule has 0 aliphatic rings. The quantitative estimate of drug-likeness (QED) is 0.339. The van der Waals surface area contributed by atoms with E-state index in [1.807, 2.05) is 0 Å². The van der Waals surface area contributed by atoms with Crippen molar-refractivity contribution in [1.29, 1.82) is 0 Å². The first-order valence-electron chi connectivity index (χ1n) is 0.651. The maximum Gasteiger partial charge on any atom is 1.00 e. The Morgan fingerprint density at radius 3 is 1.29 bits per heavy atom. The Labute approximate surface area is 145 Å². The Hall–Kier alpha value is 3.27. The van der Waals surface area contributed by atoms with Crippen LogP contribution in [0.5, 0.6) is 0 Å². The first-order valence-corrected chi connectivity index (χ1v) is 0.651. The van der Waals surface area contributed by atoms with Gasteiger partial charge in [-0.2, -0.15) is 0 Å². The fraction of sp³-hybridized carbons (Fsp3) is 0. The maximum atomic E-state index is 8.56. The standard InChI is InChI=1S/CH2O3.HI.2K.H/c2-1(3)4;;;;/h(H2,2,3,4);1H;;;/q;;2*+1;-1/p-1. The summed E-state index contributed by atoms with van der Waals surface area (Å²) >= 11 is 0. The van der Waals surface area contributed by atoms with Crippen molar-refractivity contribution >= 4 is 6.16 Å². The SMILES string of the molecule is O=C(O)O.[H-].[I-].[K+].[K+]. The van der Waals surface area contributed by atoms with E-state index < -0.39 is 6.16 Å². The van der Waals surface area contributed by atoms with E-state index in [-0.39, 0.29) is 128 Å². The predicted octanol–water partition coefficient (Wildman–Crippen LogP) is -8.65. The number of carboxylic acid groups (broad SMARTS) is 2. The van der Waals surface area contributed by atoms with Crippen molar-refractivity contribution in [1.82, 2.24) is 0 Å². The average molecular weight is 268 g/mol. The van der Waals surface area contributed by atoms with Gasteiger partial charge in [0.1, 0.15) is 0 Å². The molecule has 0 spiro atoms. The Kier molecular flexibility index (Phi) is 51.7.